The van der Waals surface area contributed by atoms with E-state index in [1.807, 2.05) is 12.1 Å². The first-order valence-corrected chi connectivity index (χ1v) is 7.82. The Morgan fingerprint density at radius 2 is 1.90 bits per heavy atom. The fourth-order valence-corrected chi connectivity index (χ4v) is 3.86. The third-order valence-electron chi connectivity index (χ3n) is 4.90. The number of phenolic OH excluding ortho intramolecular Hbond substituents is 1. The highest BCUT2D eigenvalue weighted by Gasteiger charge is 2.35. The van der Waals surface area contributed by atoms with Gasteiger partial charge in [-0.3, -0.25) is 4.79 Å². The van der Waals surface area contributed by atoms with E-state index >= 15 is 0 Å². The number of amides is 1. The van der Waals surface area contributed by atoms with E-state index in [4.69, 9.17) is 0 Å². The van der Waals surface area contributed by atoms with Crippen LogP contribution in [0.3, 0.4) is 0 Å². The average Bonchev–Trinajstić information content (AvgIpc) is 3.11. The first-order valence-electron chi connectivity index (χ1n) is 7.82. The molecule has 1 saturated heterocycles. The highest BCUT2D eigenvalue weighted by molar-refractivity contribution is 5.80. The Morgan fingerprint density at radius 1 is 1.15 bits per heavy atom. The monoisotopic (exact) mass is 273 g/mol. The van der Waals surface area contributed by atoms with E-state index in [0.29, 0.717) is 18.4 Å². The number of likely N-dealkylation sites (tertiary alicyclic amines) is 1. The number of aromatic hydroxyl groups is 1. The molecular weight excluding hydrogens is 250 g/mol. The van der Waals surface area contributed by atoms with Crippen LogP contribution in [-0.2, 0) is 11.2 Å². The van der Waals surface area contributed by atoms with Gasteiger partial charge in [-0.1, -0.05) is 31.0 Å². The Labute approximate surface area is 120 Å². The van der Waals surface area contributed by atoms with Crippen LogP contribution < -0.4 is 0 Å². The van der Waals surface area contributed by atoms with Crippen LogP contribution in [0.1, 0.15) is 44.1 Å². The Kier molecular flexibility index (Phi) is 3.95. The predicted octanol–water partition coefficient (Wildman–Crippen LogP) is 3.12. The van der Waals surface area contributed by atoms with E-state index < -0.39 is 0 Å². The second-order valence-corrected chi connectivity index (χ2v) is 6.15. The van der Waals surface area contributed by atoms with Gasteiger partial charge in [0, 0.05) is 18.2 Å². The topological polar surface area (TPSA) is 40.5 Å². The van der Waals surface area contributed by atoms with Crippen molar-refractivity contribution < 1.29 is 9.90 Å². The smallest absolute Gasteiger partial charge is 0.227 e. The fourth-order valence-electron chi connectivity index (χ4n) is 3.86. The van der Waals surface area contributed by atoms with E-state index in [0.717, 1.165) is 24.9 Å². The molecular formula is C17H23NO2. The van der Waals surface area contributed by atoms with Crippen LogP contribution in [0.2, 0.25) is 0 Å². The van der Waals surface area contributed by atoms with E-state index in [1.165, 1.54) is 25.7 Å². The molecule has 1 heterocycles. The van der Waals surface area contributed by atoms with Crippen molar-refractivity contribution in [3.8, 4) is 5.75 Å². The second-order valence-electron chi connectivity index (χ2n) is 6.15. The van der Waals surface area contributed by atoms with E-state index in [-0.39, 0.29) is 11.7 Å². The maximum Gasteiger partial charge on any atom is 0.227 e. The number of nitrogens with zero attached hydrogens (tertiary/aromatic N) is 1. The van der Waals surface area contributed by atoms with Gasteiger partial charge in [-0.15, -0.1) is 0 Å². The van der Waals surface area contributed by atoms with Crippen molar-refractivity contribution in [1.82, 2.24) is 4.90 Å². The van der Waals surface area contributed by atoms with Gasteiger partial charge in [0.05, 0.1) is 6.42 Å². The van der Waals surface area contributed by atoms with Crippen molar-refractivity contribution in [3.05, 3.63) is 29.8 Å². The zero-order chi connectivity index (χ0) is 13.9. The molecule has 1 atom stereocenters. The molecule has 1 aromatic rings. The summed E-state index contributed by atoms with van der Waals surface area (Å²) in [6, 6.07) is 7.62. The lowest BCUT2D eigenvalue weighted by Crippen LogP contribution is -2.40. The summed E-state index contributed by atoms with van der Waals surface area (Å²) in [7, 11) is 0. The fraction of sp³-hybridized carbons (Fsp3) is 0.588. The SMILES string of the molecule is O=C(Cc1ccccc1O)N1CCCC1C1CCCC1. The van der Waals surface area contributed by atoms with Crippen molar-refractivity contribution in [2.75, 3.05) is 6.54 Å². The lowest BCUT2D eigenvalue weighted by Gasteiger charge is -2.29. The molecule has 1 aliphatic carbocycles. The number of carbonyl (C=O) groups excluding carboxylic acids is 1. The van der Waals surface area contributed by atoms with Crippen LogP contribution in [0.4, 0.5) is 0 Å². The van der Waals surface area contributed by atoms with E-state index in [2.05, 4.69) is 4.90 Å². The Morgan fingerprint density at radius 3 is 2.65 bits per heavy atom. The summed E-state index contributed by atoms with van der Waals surface area (Å²) in [6.07, 6.45) is 7.84. The van der Waals surface area contributed by atoms with Gasteiger partial charge >= 0.3 is 0 Å². The lowest BCUT2D eigenvalue weighted by molar-refractivity contribution is -0.132. The van der Waals surface area contributed by atoms with Gasteiger partial charge in [-0.25, -0.2) is 0 Å². The molecule has 1 aliphatic heterocycles. The zero-order valence-corrected chi connectivity index (χ0v) is 11.9. The molecule has 2 fully saturated rings. The van der Waals surface area contributed by atoms with Crippen molar-refractivity contribution in [1.29, 1.82) is 0 Å². The summed E-state index contributed by atoms with van der Waals surface area (Å²) in [4.78, 5) is 14.6. The van der Waals surface area contributed by atoms with Crippen LogP contribution in [0.5, 0.6) is 5.75 Å². The van der Waals surface area contributed by atoms with E-state index in [9.17, 15) is 9.90 Å². The van der Waals surface area contributed by atoms with Crippen LogP contribution in [-0.4, -0.2) is 28.5 Å². The van der Waals surface area contributed by atoms with Crippen LogP contribution >= 0.6 is 0 Å². The Hall–Kier alpha value is -1.51. The largest absolute Gasteiger partial charge is 0.508 e. The van der Waals surface area contributed by atoms with E-state index in [1.54, 1.807) is 12.1 Å². The lowest BCUT2D eigenvalue weighted by atomic mass is 9.95. The standard InChI is InChI=1S/C17H23NO2/c19-16-10-4-3-8-14(16)12-17(20)18-11-5-9-15(18)13-6-1-2-7-13/h3-4,8,10,13,15,19H,1-2,5-7,9,11-12H2. The quantitative estimate of drug-likeness (QED) is 0.919. The number of hydrogen-bond acceptors (Lipinski definition) is 2. The molecule has 3 heteroatoms. The molecule has 3 rings (SSSR count). The minimum Gasteiger partial charge on any atom is -0.508 e. The molecule has 1 N–H and O–H groups in total. The average molecular weight is 273 g/mol. The summed E-state index contributed by atoms with van der Waals surface area (Å²) >= 11 is 0. The van der Waals surface area contributed by atoms with Gasteiger partial charge < -0.3 is 10.0 Å². The van der Waals surface area contributed by atoms with Crippen molar-refractivity contribution in [2.45, 2.75) is 51.0 Å². The highest BCUT2D eigenvalue weighted by Crippen LogP contribution is 2.35. The van der Waals surface area contributed by atoms with Gasteiger partial charge in [0.1, 0.15) is 5.75 Å². The maximum absolute atomic E-state index is 12.5. The molecule has 0 spiro atoms. The molecule has 0 bridgehead atoms. The number of rotatable bonds is 3. The summed E-state index contributed by atoms with van der Waals surface area (Å²) < 4.78 is 0. The number of para-hydroxylation sites is 1. The second kappa shape index (κ2) is 5.86. The molecule has 1 saturated carbocycles. The zero-order valence-electron chi connectivity index (χ0n) is 11.9. The molecule has 0 aromatic heterocycles. The minimum atomic E-state index is 0.181. The molecule has 1 amide bonds. The Bertz CT molecular complexity index is 480. The molecule has 0 radical (unpaired) electrons. The number of benzene rings is 1. The van der Waals surface area contributed by atoms with Gasteiger partial charge in [0.15, 0.2) is 0 Å². The minimum absolute atomic E-state index is 0.181. The van der Waals surface area contributed by atoms with Gasteiger partial charge in [0.25, 0.3) is 0 Å². The molecule has 1 aromatic carbocycles. The molecule has 3 nitrogen and oxygen atoms in total. The number of carbonyl (C=O) groups is 1. The first kappa shape index (κ1) is 13.5. The first-order chi connectivity index (χ1) is 9.75. The van der Waals surface area contributed by atoms with Gasteiger partial charge in [-0.05, 0) is 37.7 Å². The molecule has 1 unspecified atom stereocenters. The normalized spacial score (nSPS) is 23.4. The van der Waals surface area contributed by atoms with Gasteiger partial charge in [-0.2, -0.15) is 0 Å². The molecule has 20 heavy (non-hydrogen) atoms. The Balaban J connectivity index is 1.68. The predicted molar refractivity (Wildman–Crippen MR) is 78.5 cm³/mol. The van der Waals surface area contributed by atoms with Crippen LogP contribution in [0.25, 0.3) is 0 Å². The molecule has 108 valence electrons. The summed E-state index contributed by atoms with van der Waals surface area (Å²) in [5.41, 5.74) is 0.745. The summed E-state index contributed by atoms with van der Waals surface area (Å²) in [6.45, 7) is 0.896. The number of hydrogen-bond donors (Lipinski definition) is 1. The van der Waals surface area contributed by atoms with Crippen LogP contribution in [0.15, 0.2) is 24.3 Å². The summed E-state index contributed by atoms with van der Waals surface area (Å²) in [5.74, 6) is 1.13. The van der Waals surface area contributed by atoms with Crippen molar-refractivity contribution in [2.24, 2.45) is 5.92 Å². The number of phenols is 1. The van der Waals surface area contributed by atoms with Crippen molar-refractivity contribution >= 4 is 5.91 Å². The van der Waals surface area contributed by atoms with Gasteiger partial charge in [0.2, 0.25) is 5.91 Å². The molecule has 2 aliphatic rings. The maximum atomic E-state index is 12.5. The highest BCUT2D eigenvalue weighted by atomic mass is 16.3. The third-order valence-corrected chi connectivity index (χ3v) is 4.90. The van der Waals surface area contributed by atoms with Crippen LogP contribution in [0, 0.1) is 5.92 Å². The third kappa shape index (κ3) is 2.67. The summed E-state index contributed by atoms with van der Waals surface area (Å²) in [5, 5.41) is 9.81. The van der Waals surface area contributed by atoms with Crippen molar-refractivity contribution in [3.63, 3.8) is 0 Å².